The van der Waals surface area contributed by atoms with Crippen molar-refractivity contribution in [1.29, 1.82) is 0 Å². The third-order valence-corrected chi connectivity index (χ3v) is 4.02. The Hall–Kier alpha value is -1.55. The van der Waals surface area contributed by atoms with Crippen LogP contribution in [0.5, 0.6) is 5.75 Å². The molecular formula is C17H25NO3. The fourth-order valence-electron chi connectivity index (χ4n) is 3.01. The monoisotopic (exact) mass is 291 g/mol. The highest BCUT2D eigenvalue weighted by molar-refractivity contribution is 5.78. The molecule has 21 heavy (non-hydrogen) atoms. The Kier molecular flexibility index (Phi) is 5.62. The van der Waals surface area contributed by atoms with Gasteiger partial charge in [0, 0.05) is 6.04 Å². The van der Waals surface area contributed by atoms with Gasteiger partial charge in [0.1, 0.15) is 5.75 Å². The molecule has 1 aromatic rings. The summed E-state index contributed by atoms with van der Waals surface area (Å²) >= 11 is 0. The summed E-state index contributed by atoms with van der Waals surface area (Å²) in [5, 5.41) is 12.2. The molecule has 1 amide bonds. The molecule has 116 valence electrons. The van der Waals surface area contributed by atoms with Crippen LogP contribution in [0, 0.1) is 13.8 Å². The summed E-state index contributed by atoms with van der Waals surface area (Å²) in [6.07, 6.45) is 5.84. The van der Waals surface area contributed by atoms with Gasteiger partial charge in [-0.15, -0.1) is 0 Å². The van der Waals surface area contributed by atoms with E-state index in [1.165, 1.54) is 19.3 Å². The Morgan fingerprint density at radius 3 is 2.43 bits per heavy atom. The van der Waals surface area contributed by atoms with Gasteiger partial charge in [0.25, 0.3) is 5.91 Å². The molecule has 0 atom stereocenters. The first-order valence-electron chi connectivity index (χ1n) is 7.73. The van der Waals surface area contributed by atoms with E-state index < -0.39 is 0 Å². The van der Waals surface area contributed by atoms with E-state index in [-0.39, 0.29) is 19.1 Å². The van der Waals surface area contributed by atoms with E-state index >= 15 is 0 Å². The summed E-state index contributed by atoms with van der Waals surface area (Å²) in [6.45, 7) is 3.93. The zero-order valence-corrected chi connectivity index (χ0v) is 12.9. The van der Waals surface area contributed by atoms with Gasteiger partial charge in [-0.1, -0.05) is 31.4 Å². The minimum atomic E-state index is -0.0491. The second kappa shape index (κ2) is 7.46. The molecule has 0 unspecified atom stereocenters. The first-order valence-corrected chi connectivity index (χ1v) is 7.73. The van der Waals surface area contributed by atoms with Gasteiger partial charge in [0.05, 0.1) is 6.61 Å². The van der Waals surface area contributed by atoms with Gasteiger partial charge in [-0.05, 0) is 43.4 Å². The van der Waals surface area contributed by atoms with Crippen LogP contribution < -0.4 is 10.1 Å². The largest absolute Gasteiger partial charge is 0.483 e. The Labute approximate surface area is 126 Å². The van der Waals surface area contributed by atoms with E-state index in [9.17, 15) is 9.90 Å². The average Bonchev–Trinajstić information content (AvgIpc) is 2.47. The lowest BCUT2D eigenvalue weighted by Crippen LogP contribution is -2.39. The van der Waals surface area contributed by atoms with Crippen molar-refractivity contribution in [3.63, 3.8) is 0 Å². The van der Waals surface area contributed by atoms with Crippen LogP contribution in [0.1, 0.15) is 48.8 Å². The smallest absolute Gasteiger partial charge is 0.258 e. The van der Waals surface area contributed by atoms with Crippen LogP contribution >= 0.6 is 0 Å². The number of carbonyl (C=O) groups is 1. The van der Waals surface area contributed by atoms with Gasteiger partial charge in [-0.3, -0.25) is 4.79 Å². The van der Waals surface area contributed by atoms with E-state index in [4.69, 9.17) is 4.74 Å². The molecule has 2 N–H and O–H groups in total. The quantitative estimate of drug-likeness (QED) is 0.876. The number of hydrogen-bond donors (Lipinski definition) is 2. The summed E-state index contributed by atoms with van der Waals surface area (Å²) in [4.78, 5) is 12.0. The molecule has 4 heteroatoms. The zero-order chi connectivity index (χ0) is 15.2. The van der Waals surface area contributed by atoms with Crippen molar-refractivity contribution in [2.45, 2.75) is 58.6 Å². The lowest BCUT2D eigenvalue weighted by Gasteiger charge is -2.23. The van der Waals surface area contributed by atoms with E-state index in [0.717, 1.165) is 35.3 Å². The maximum Gasteiger partial charge on any atom is 0.258 e. The number of ether oxygens (including phenoxy) is 1. The molecule has 1 saturated carbocycles. The Morgan fingerprint density at radius 2 is 1.86 bits per heavy atom. The second-order valence-electron chi connectivity index (χ2n) is 5.91. The van der Waals surface area contributed by atoms with Gasteiger partial charge in [-0.2, -0.15) is 0 Å². The highest BCUT2D eigenvalue weighted by Gasteiger charge is 2.16. The van der Waals surface area contributed by atoms with Crippen molar-refractivity contribution in [3.8, 4) is 5.75 Å². The molecule has 2 rings (SSSR count). The van der Waals surface area contributed by atoms with Crippen molar-refractivity contribution >= 4 is 5.91 Å². The standard InChI is InChI=1S/C17H25NO3/c1-12-8-14(10-19)9-13(2)17(12)21-11-16(20)18-15-6-4-3-5-7-15/h8-9,15,19H,3-7,10-11H2,1-2H3,(H,18,20). The van der Waals surface area contributed by atoms with E-state index in [2.05, 4.69) is 5.32 Å². The number of benzene rings is 1. The van der Waals surface area contributed by atoms with Crippen LogP contribution in [0.3, 0.4) is 0 Å². The van der Waals surface area contributed by atoms with Crippen molar-refractivity contribution < 1.29 is 14.6 Å². The Bertz CT molecular complexity index is 470. The lowest BCUT2D eigenvalue weighted by molar-refractivity contribution is -0.124. The van der Waals surface area contributed by atoms with Crippen molar-refractivity contribution in [3.05, 3.63) is 28.8 Å². The molecular weight excluding hydrogens is 266 g/mol. The fraction of sp³-hybridized carbons (Fsp3) is 0.588. The molecule has 0 radical (unpaired) electrons. The van der Waals surface area contributed by atoms with Crippen LogP contribution in [0.2, 0.25) is 0 Å². The van der Waals surface area contributed by atoms with Crippen molar-refractivity contribution in [2.24, 2.45) is 0 Å². The van der Waals surface area contributed by atoms with Gasteiger partial charge < -0.3 is 15.2 Å². The number of aryl methyl sites for hydroxylation is 2. The molecule has 0 saturated heterocycles. The summed E-state index contributed by atoms with van der Waals surface area (Å²) in [6, 6.07) is 4.09. The number of aliphatic hydroxyl groups is 1. The van der Waals surface area contributed by atoms with E-state index in [1.54, 1.807) is 0 Å². The molecule has 0 spiro atoms. The van der Waals surface area contributed by atoms with Crippen LogP contribution in [0.15, 0.2) is 12.1 Å². The van der Waals surface area contributed by atoms with Crippen LogP contribution in [-0.4, -0.2) is 23.7 Å². The number of hydrogen-bond acceptors (Lipinski definition) is 3. The highest BCUT2D eigenvalue weighted by Crippen LogP contribution is 2.25. The molecule has 0 aliphatic heterocycles. The topological polar surface area (TPSA) is 58.6 Å². The minimum absolute atomic E-state index is 0.0180. The normalized spacial score (nSPS) is 15.8. The van der Waals surface area contributed by atoms with Crippen LogP contribution in [0.4, 0.5) is 0 Å². The molecule has 0 heterocycles. The molecule has 1 aliphatic carbocycles. The molecule has 0 bridgehead atoms. The van der Waals surface area contributed by atoms with Gasteiger partial charge >= 0.3 is 0 Å². The molecule has 1 aromatic carbocycles. The van der Waals surface area contributed by atoms with Crippen molar-refractivity contribution in [1.82, 2.24) is 5.32 Å². The predicted molar refractivity (Wildman–Crippen MR) is 82.3 cm³/mol. The maximum absolute atomic E-state index is 12.0. The minimum Gasteiger partial charge on any atom is -0.483 e. The van der Waals surface area contributed by atoms with Crippen LogP contribution in [0.25, 0.3) is 0 Å². The molecule has 1 fully saturated rings. The van der Waals surface area contributed by atoms with Gasteiger partial charge in [0.2, 0.25) is 0 Å². The Balaban J connectivity index is 1.88. The summed E-state index contributed by atoms with van der Waals surface area (Å²) in [5.41, 5.74) is 2.76. The molecule has 4 nitrogen and oxygen atoms in total. The third kappa shape index (κ3) is 4.46. The number of rotatable bonds is 5. The maximum atomic E-state index is 12.0. The van der Waals surface area contributed by atoms with Gasteiger partial charge in [0.15, 0.2) is 6.61 Å². The number of aliphatic hydroxyl groups excluding tert-OH is 1. The van der Waals surface area contributed by atoms with Crippen LogP contribution in [-0.2, 0) is 11.4 Å². The van der Waals surface area contributed by atoms with E-state index in [1.807, 2.05) is 26.0 Å². The summed E-state index contributed by atoms with van der Waals surface area (Å²) < 4.78 is 5.68. The third-order valence-electron chi connectivity index (χ3n) is 4.02. The Morgan fingerprint density at radius 1 is 1.24 bits per heavy atom. The van der Waals surface area contributed by atoms with E-state index in [0.29, 0.717) is 6.04 Å². The molecule has 1 aliphatic rings. The highest BCUT2D eigenvalue weighted by atomic mass is 16.5. The fourth-order valence-corrected chi connectivity index (χ4v) is 3.01. The summed E-state index contributed by atoms with van der Waals surface area (Å²) in [5.74, 6) is 0.693. The number of carbonyl (C=O) groups excluding carboxylic acids is 1. The average molecular weight is 291 g/mol. The summed E-state index contributed by atoms with van der Waals surface area (Å²) in [7, 11) is 0. The second-order valence-corrected chi connectivity index (χ2v) is 5.91. The van der Waals surface area contributed by atoms with Gasteiger partial charge in [-0.25, -0.2) is 0 Å². The van der Waals surface area contributed by atoms with Crippen molar-refractivity contribution in [2.75, 3.05) is 6.61 Å². The predicted octanol–water partition coefficient (Wildman–Crippen LogP) is 2.62. The molecule has 0 aromatic heterocycles. The first-order chi connectivity index (χ1) is 10.1. The zero-order valence-electron chi connectivity index (χ0n) is 12.9. The SMILES string of the molecule is Cc1cc(CO)cc(C)c1OCC(=O)NC1CCCCC1. The number of nitrogens with one attached hydrogen (secondary N) is 1. The lowest BCUT2D eigenvalue weighted by atomic mass is 9.95. The first kappa shape index (κ1) is 15.8. The number of amides is 1.